The lowest BCUT2D eigenvalue weighted by Gasteiger charge is -2.54. The summed E-state index contributed by atoms with van der Waals surface area (Å²) in [6.45, 7) is 9.02. The van der Waals surface area contributed by atoms with E-state index >= 15 is 0 Å². The lowest BCUT2D eigenvalue weighted by atomic mass is 9.68. The van der Waals surface area contributed by atoms with Gasteiger partial charge in [0.1, 0.15) is 13.6 Å². The molecule has 0 amide bonds. The van der Waals surface area contributed by atoms with Crippen LogP contribution in [0.5, 0.6) is 0 Å². The Hall–Kier alpha value is -0.160. The summed E-state index contributed by atoms with van der Waals surface area (Å²) in [7, 11) is 0. The highest BCUT2D eigenvalue weighted by Gasteiger charge is 2.56. The van der Waals surface area contributed by atoms with Crippen molar-refractivity contribution in [2.24, 2.45) is 5.41 Å². The molecule has 4 nitrogen and oxygen atoms in total. The maximum Gasteiger partial charge on any atom is 0.147 e. The van der Waals surface area contributed by atoms with Crippen LogP contribution in [0.25, 0.3) is 0 Å². The van der Waals surface area contributed by atoms with Crippen LogP contribution in [0.4, 0.5) is 0 Å². The molecule has 88 valence electrons. The molecule has 0 radical (unpaired) electrons. The number of ether oxygens (including phenoxy) is 4. The van der Waals surface area contributed by atoms with Crippen molar-refractivity contribution in [3.05, 3.63) is 0 Å². The van der Waals surface area contributed by atoms with E-state index < -0.39 is 0 Å². The van der Waals surface area contributed by atoms with Gasteiger partial charge in [0.15, 0.2) is 0 Å². The lowest BCUT2D eigenvalue weighted by molar-refractivity contribution is -0.341. The molecule has 2 rings (SSSR count). The van der Waals surface area contributed by atoms with Crippen molar-refractivity contribution in [1.82, 2.24) is 0 Å². The first kappa shape index (κ1) is 11.3. The van der Waals surface area contributed by atoms with Crippen LogP contribution < -0.4 is 0 Å². The zero-order valence-electron chi connectivity index (χ0n) is 9.86. The van der Waals surface area contributed by atoms with Crippen LogP contribution in [0.3, 0.4) is 0 Å². The molecule has 0 aromatic carbocycles. The molecule has 2 heterocycles. The minimum Gasteiger partial charge on any atom is -0.352 e. The summed E-state index contributed by atoms with van der Waals surface area (Å²) in [5, 5.41) is 0. The molecular weight excluding hydrogens is 196 g/mol. The van der Waals surface area contributed by atoms with Crippen molar-refractivity contribution in [2.75, 3.05) is 13.6 Å². The van der Waals surface area contributed by atoms with Gasteiger partial charge in [-0.05, 0) is 27.7 Å². The van der Waals surface area contributed by atoms with Crippen LogP contribution >= 0.6 is 0 Å². The van der Waals surface area contributed by atoms with Crippen molar-refractivity contribution in [1.29, 1.82) is 0 Å². The van der Waals surface area contributed by atoms with Gasteiger partial charge in [-0.15, -0.1) is 0 Å². The fourth-order valence-corrected chi connectivity index (χ4v) is 3.05. The quantitative estimate of drug-likeness (QED) is 0.615. The van der Waals surface area contributed by atoms with Gasteiger partial charge in [-0.25, -0.2) is 0 Å². The molecule has 0 saturated carbocycles. The Morgan fingerprint density at radius 2 is 0.933 bits per heavy atom. The van der Waals surface area contributed by atoms with Crippen LogP contribution in [0.1, 0.15) is 27.7 Å². The summed E-state index contributed by atoms with van der Waals surface area (Å²) in [5.74, 6) is 0. The Bertz CT molecular complexity index is 183. The molecule has 4 atom stereocenters. The van der Waals surface area contributed by atoms with E-state index in [0.29, 0.717) is 13.6 Å². The first-order chi connectivity index (χ1) is 7.10. The highest BCUT2D eigenvalue weighted by atomic mass is 16.7. The summed E-state index contributed by atoms with van der Waals surface area (Å²) in [6.07, 6.45) is 0.358. The predicted octanol–water partition coefficient (Wildman–Crippen LogP) is 1.54. The Labute approximate surface area is 90.8 Å². The van der Waals surface area contributed by atoms with Crippen LogP contribution in [-0.2, 0) is 18.9 Å². The van der Waals surface area contributed by atoms with Crippen molar-refractivity contribution >= 4 is 0 Å². The van der Waals surface area contributed by atoms with Gasteiger partial charge in [0.2, 0.25) is 0 Å². The Morgan fingerprint density at radius 1 is 0.667 bits per heavy atom. The minimum absolute atomic E-state index is 0.0894. The van der Waals surface area contributed by atoms with Gasteiger partial charge in [0, 0.05) is 0 Å². The number of hydrogen-bond acceptors (Lipinski definition) is 4. The van der Waals surface area contributed by atoms with Crippen LogP contribution in [0.15, 0.2) is 0 Å². The molecule has 1 spiro atoms. The van der Waals surface area contributed by atoms with Gasteiger partial charge in [0.05, 0.1) is 29.8 Å². The van der Waals surface area contributed by atoms with Crippen molar-refractivity contribution in [3.8, 4) is 0 Å². The van der Waals surface area contributed by atoms with Crippen molar-refractivity contribution in [2.45, 2.75) is 52.1 Å². The third-order valence-electron chi connectivity index (χ3n) is 4.09. The van der Waals surface area contributed by atoms with E-state index in [4.69, 9.17) is 18.9 Å². The topological polar surface area (TPSA) is 36.9 Å². The van der Waals surface area contributed by atoms with Gasteiger partial charge < -0.3 is 18.9 Å². The van der Waals surface area contributed by atoms with E-state index in [0.717, 1.165) is 0 Å². The average molecular weight is 216 g/mol. The van der Waals surface area contributed by atoms with Gasteiger partial charge in [0.25, 0.3) is 0 Å². The largest absolute Gasteiger partial charge is 0.352 e. The Morgan fingerprint density at radius 3 is 1.20 bits per heavy atom. The fraction of sp³-hybridized carbons (Fsp3) is 1.00. The van der Waals surface area contributed by atoms with E-state index in [1.54, 1.807) is 0 Å². The van der Waals surface area contributed by atoms with E-state index in [-0.39, 0.29) is 29.8 Å². The zero-order valence-corrected chi connectivity index (χ0v) is 9.86. The standard InChI is InChI=1S/C11H20O4/c1-7-11(8(2)13-5-12-7)9(3)14-6-15-10(11)4/h7-10H,5-6H2,1-4H3. The predicted molar refractivity (Wildman–Crippen MR) is 54.4 cm³/mol. The molecular formula is C11H20O4. The third kappa shape index (κ3) is 1.51. The summed E-state index contributed by atoms with van der Waals surface area (Å²) in [5.41, 5.74) is -0.198. The van der Waals surface area contributed by atoms with Gasteiger partial charge in [-0.1, -0.05) is 0 Å². The molecule has 2 fully saturated rings. The van der Waals surface area contributed by atoms with Crippen molar-refractivity contribution in [3.63, 3.8) is 0 Å². The molecule has 2 aliphatic rings. The molecule has 15 heavy (non-hydrogen) atoms. The lowest BCUT2D eigenvalue weighted by Crippen LogP contribution is -2.64. The van der Waals surface area contributed by atoms with Gasteiger partial charge in [-0.2, -0.15) is 0 Å². The van der Waals surface area contributed by atoms with Crippen LogP contribution in [0.2, 0.25) is 0 Å². The molecule has 0 aromatic heterocycles. The van der Waals surface area contributed by atoms with Crippen LogP contribution in [0, 0.1) is 5.41 Å². The summed E-state index contributed by atoms with van der Waals surface area (Å²) < 4.78 is 22.4. The second kappa shape index (κ2) is 4.01. The monoisotopic (exact) mass is 216 g/mol. The Balaban J connectivity index is 2.32. The molecule has 4 unspecified atom stereocenters. The minimum atomic E-state index is -0.198. The number of hydrogen-bond donors (Lipinski definition) is 0. The SMILES string of the molecule is CC1OCOC(C)C12C(C)OCOC2C. The second-order valence-corrected chi connectivity index (χ2v) is 4.47. The highest BCUT2D eigenvalue weighted by Crippen LogP contribution is 2.45. The molecule has 2 aliphatic heterocycles. The first-order valence-corrected chi connectivity index (χ1v) is 5.56. The molecule has 0 aromatic rings. The van der Waals surface area contributed by atoms with E-state index in [9.17, 15) is 0 Å². The Kier molecular flexibility index (Phi) is 3.03. The van der Waals surface area contributed by atoms with Crippen molar-refractivity contribution < 1.29 is 18.9 Å². The van der Waals surface area contributed by atoms with Crippen LogP contribution in [-0.4, -0.2) is 38.0 Å². The van der Waals surface area contributed by atoms with Gasteiger partial charge >= 0.3 is 0 Å². The van der Waals surface area contributed by atoms with Gasteiger partial charge in [-0.3, -0.25) is 0 Å². The first-order valence-electron chi connectivity index (χ1n) is 5.56. The average Bonchev–Trinajstić information content (AvgIpc) is 2.17. The summed E-state index contributed by atoms with van der Waals surface area (Å²) >= 11 is 0. The summed E-state index contributed by atoms with van der Waals surface area (Å²) in [4.78, 5) is 0. The fourth-order valence-electron chi connectivity index (χ4n) is 3.05. The maximum absolute atomic E-state index is 5.60. The zero-order chi connectivity index (χ0) is 11.1. The smallest absolute Gasteiger partial charge is 0.147 e. The normalized spacial score (nSPS) is 52.0. The van der Waals surface area contributed by atoms with E-state index in [1.807, 2.05) is 0 Å². The molecule has 0 bridgehead atoms. The van der Waals surface area contributed by atoms with E-state index in [2.05, 4.69) is 27.7 Å². The summed E-state index contributed by atoms with van der Waals surface area (Å²) in [6, 6.07) is 0. The molecule has 0 aliphatic carbocycles. The van der Waals surface area contributed by atoms with E-state index in [1.165, 1.54) is 0 Å². The molecule has 2 saturated heterocycles. The molecule has 4 heteroatoms. The number of rotatable bonds is 0. The highest BCUT2D eigenvalue weighted by molar-refractivity contribution is 5.02. The molecule has 0 N–H and O–H groups in total. The second-order valence-electron chi connectivity index (χ2n) is 4.47. The maximum atomic E-state index is 5.60. The third-order valence-corrected chi connectivity index (χ3v) is 4.09.